The Balaban J connectivity index is 0.959. The highest BCUT2D eigenvalue weighted by Gasteiger charge is 2.51. The lowest BCUT2D eigenvalue weighted by Gasteiger charge is -2.56. The van der Waals surface area contributed by atoms with Crippen LogP contribution in [0.2, 0.25) is 0 Å². The molecule has 6 aliphatic rings. The SMILES string of the molecule is C=CCN(C[C@H]1C[C@@H](c2ccc(CO)cc2)O[C@@H](c2ccc(-c3ccccc3CNC(=O)NC34CC5CC(CC(C5)C3)C4)cc2)O1)C1CCCC1. The Hall–Kier alpha value is -3.49. The molecule has 270 valence electrons. The highest BCUT2D eigenvalue weighted by molar-refractivity contribution is 5.76. The van der Waals surface area contributed by atoms with Crippen LogP contribution < -0.4 is 10.6 Å². The average molecular weight is 690 g/mol. The van der Waals surface area contributed by atoms with E-state index >= 15 is 0 Å². The minimum Gasteiger partial charge on any atom is -0.392 e. The van der Waals surface area contributed by atoms with Gasteiger partial charge < -0.3 is 25.2 Å². The summed E-state index contributed by atoms with van der Waals surface area (Å²) in [6.45, 7) is 6.26. The Kier molecular flexibility index (Phi) is 10.3. The van der Waals surface area contributed by atoms with Crippen LogP contribution in [0.25, 0.3) is 11.1 Å². The zero-order chi connectivity index (χ0) is 34.8. The lowest BCUT2D eigenvalue weighted by atomic mass is 9.53. The van der Waals surface area contributed by atoms with Gasteiger partial charge in [-0.3, -0.25) is 4.90 Å². The molecule has 0 radical (unpaired) electrons. The topological polar surface area (TPSA) is 83.1 Å². The van der Waals surface area contributed by atoms with E-state index in [0.29, 0.717) is 12.6 Å². The maximum Gasteiger partial charge on any atom is 0.315 e. The minimum absolute atomic E-state index is 0.00121. The van der Waals surface area contributed by atoms with E-state index in [1.807, 2.05) is 24.3 Å². The fraction of sp³-hybridized carbons (Fsp3) is 0.523. The van der Waals surface area contributed by atoms with Gasteiger partial charge in [0, 0.05) is 43.2 Å². The zero-order valence-corrected chi connectivity index (χ0v) is 30.0. The smallest absolute Gasteiger partial charge is 0.315 e. The van der Waals surface area contributed by atoms with Crippen molar-refractivity contribution in [3.8, 4) is 11.1 Å². The first-order valence-corrected chi connectivity index (χ1v) is 19.6. The van der Waals surface area contributed by atoms with Gasteiger partial charge in [-0.25, -0.2) is 4.79 Å². The normalized spacial score (nSPS) is 30.1. The number of ether oxygens (including phenoxy) is 2. The van der Waals surface area contributed by atoms with Crippen molar-refractivity contribution in [2.24, 2.45) is 17.8 Å². The highest BCUT2D eigenvalue weighted by atomic mass is 16.7. The van der Waals surface area contributed by atoms with Crippen molar-refractivity contribution in [3.05, 3.63) is 108 Å². The maximum atomic E-state index is 13.3. The second-order valence-corrected chi connectivity index (χ2v) is 16.3. The van der Waals surface area contributed by atoms with Crippen LogP contribution in [-0.4, -0.2) is 46.8 Å². The van der Waals surface area contributed by atoms with Gasteiger partial charge in [0.15, 0.2) is 6.29 Å². The molecule has 51 heavy (non-hydrogen) atoms. The predicted octanol–water partition coefficient (Wildman–Crippen LogP) is 8.59. The van der Waals surface area contributed by atoms with Crippen LogP contribution >= 0.6 is 0 Å². The molecule has 3 aromatic rings. The second-order valence-electron chi connectivity index (χ2n) is 16.3. The Morgan fingerprint density at radius 1 is 0.863 bits per heavy atom. The van der Waals surface area contributed by atoms with Gasteiger partial charge in [-0.05, 0) is 96.9 Å². The molecule has 9 rings (SSSR count). The summed E-state index contributed by atoms with van der Waals surface area (Å²) in [5, 5.41) is 16.3. The Morgan fingerprint density at radius 2 is 1.53 bits per heavy atom. The van der Waals surface area contributed by atoms with Gasteiger partial charge in [0.25, 0.3) is 0 Å². The molecule has 7 heteroatoms. The number of carbonyl (C=O) groups is 1. The van der Waals surface area contributed by atoms with Crippen LogP contribution in [0.3, 0.4) is 0 Å². The van der Waals surface area contributed by atoms with E-state index < -0.39 is 6.29 Å². The van der Waals surface area contributed by atoms with Gasteiger partial charge in [0.2, 0.25) is 0 Å². The number of nitrogens with zero attached hydrogens (tertiary/aromatic N) is 1. The van der Waals surface area contributed by atoms with Gasteiger partial charge in [-0.2, -0.15) is 0 Å². The number of aliphatic hydroxyl groups is 1. The van der Waals surface area contributed by atoms with Crippen LogP contribution in [-0.2, 0) is 22.6 Å². The van der Waals surface area contributed by atoms with Gasteiger partial charge in [-0.1, -0.05) is 91.7 Å². The molecule has 4 bridgehead atoms. The third-order valence-corrected chi connectivity index (χ3v) is 12.6. The monoisotopic (exact) mass is 689 g/mol. The second kappa shape index (κ2) is 15.2. The van der Waals surface area contributed by atoms with Crippen molar-refractivity contribution >= 4 is 6.03 Å². The number of urea groups is 1. The molecular formula is C44H55N3O4. The molecule has 3 N–H and O–H groups in total. The first-order valence-electron chi connectivity index (χ1n) is 19.6. The summed E-state index contributed by atoms with van der Waals surface area (Å²) in [6, 6.07) is 25.5. The van der Waals surface area contributed by atoms with E-state index in [9.17, 15) is 9.90 Å². The summed E-state index contributed by atoms with van der Waals surface area (Å²) >= 11 is 0. The van der Waals surface area contributed by atoms with E-state index in [2.05, 4.69) is 76.7 Å². The molecule has 1 aliphatic heterocycles. The summed E-state index contributed by atoms with van der Waals surface area (Å²) in [4.78, 5) is 15.8. The van der Waals surface area contributed by atoms with Gasteiger partial charge in [0.1, 0.15) is 0 Å². The largest absolute Gasteiger partial charge is 0.392 e. The average Bonchev–Trinajstić information content (AvgIpc) is 3.69. The fourth-order valence-corrected chi connectivity index (χ4v) is 10.6. The predicted molar refractivity (Wildman–Crippen MR) is 201 cm³/mol. The minimum atomic E-state index is -0.500. The van der Waals surface area contributed by atoms with Crippen molar-refractivity contribution in [2.75, 3.05) is 13.1 Å². The molecule has 0 unspecified atom stereocenters. The Bertz CT molecular complexity index is 1610. The van der Waals surface area contributed by atoms with Gasteiger partial charge in [-0.15, -0.1) is 6.58 Å². The van der Waals surface area contributed by atoms with Crippen molar-refractivity contribution in [1.82, 2.24) is 15.5 Å². The molecule has 6 fully saturated rings. The number of amides is 2. The summed E-state index contributed by atoms with van der Waals surface area (Å²) in [5.74, 6) is 2.39. The van der Waals surface area contributed by atoms with Crippen molar-refractivity contribution in [3.63, 3.8) is 0 Å². The number of carbonyl (C=O) groups excluding carboxylic acids is 1. The van der Waals surface area contributed by atoms with Crippen molar-refractivity contribution in [2.45, 2.75) is 114 Å². The van der Waals surface area contributed by atoms with Crippen molar-refractivity contribution < 1.29 is 19.4 Å². The molecule has 0 spiro atoms. The zero-order valence-electron chi connectivity index (χ0n) is 30.0. The summed E-state index contributed by atoms with van der Waals surface area (Å²) in [5.41, 5.74) is 6.29. The van der Waals surface area contributed by atoms with Gasteiger partial charge >= 0.3 is 6.03 Å². The molecule has 5 aliphatic carbocycles. The third kappa shape index (κ3) is 7.83. The van der Waals surface area contributed by atoms with E-state index in [1.165, 1.54) is 44.9 Å². The standard InChI is InChI=1S/C44H55N3O4/c1-2-19-47(38-8-4-5-9-38)28-39-23-41(35-13-11-30(29-48)12-14-35)51-42(50-39)36-17-15-34(16-18-36)40-10-6-3-7-37(40)27-45-43(49)46-44-24-31-20-32(25-44)22-33(21-31)26-44/h2-3,6-7,10-18,31-33,38-39,41-42,48H,1,4-5,8-9,19-29H2,(H2,45,46,49)/t31?,32?,33?,39-,41+,42+,44?/m1/s1. The number of hydrogen-bond donors (Lipinski definition) is 3. The van der Waals surface area contributed by atoms with E-state index in [0.717, 1.165) is 89.9 Å². The van der Waals surface area contributed by atoms with Crippen LogP contribution in [0.1, 0.15) is 105 Å². The van der Waals surface area contributed by atoms with E-state index in [1.54, 1.807) is 0 Å². The molecular weight excluding hydrogens is 635 g/mol. The quantitative estimate of drug-likeness (QED) is 0.166. The van der Waals surface area contributed by atoms with E-state index in [4.69, 9.17) is 9.47 Å². The third-order valence-electron chi connectivity index (χ3n) is 12.6. The van der Waals surface area contributed by atoms with Crippen LogP contribution in [0.5, 0.6) is 0 Å². The summed E-state index contributed by atoms with van der Waals surface area (Å²) in [7, 11) is 0. The Morgan fingerprint density at radius 3 is 2.20 bits per heavy atom. The van der Waals surface area contributed by atoms with Crippen LogP contribution in [0.4, 0.5) is 4.79 Å². The highest BCUT2D eigenvalue weighted by Crippen LogP contribution is 2.55. The van der Waals surface area contributed by atoms with Crippen LogP contribution in [0.15, 0.2) is 85.5 Å². The molecule has 1 heterocycles. The summed E-state index contributed by atoms with van der Waals surface area (Å²) < 4.78 is 13.4. The maximum absolute atomic E-state index is 13.3. The first-order chi connectivity index (χ1) is 25.0. The first kappa shape index (κ1) is 34.6. The van der Waals surface area contributed by atoms with Gasteiger partial charge in [0.05, 0.1) is 18.8 Å². The van der Waals surface area contributed by atoms with Crippen molar-refractivity contribution in [1.29, 1.82) is 0 Å². The lowest BCUT2D eigenvalue weighted by molar-refractivity contribution is -0.253. The lowest BCUT2D eigenvalue weighted by Crippen LogP contribution is -2.61. The number of benzene rings is 3. The molecule has 3 atom stereocenters. The number of aliphatic hydroxyl groups excluding tert-OH is 1. The molecule has 5 saturated carbocycles. The number of hydrogen-bond acceptors (Lipinski definition) is 5. The fourth-order valence-electron chi connectivity index (χ4n) is 10.6. The summed E-state index contributed by atoms with van der Waals surface area (Å²) in [6.07, 6.45) is 14.7. The molecule has 1 saturated heterocycles. The van der Waals surface area contributed by atoms with Crippen LogP contribution in [0, 0.1) is 17.8 Å². The van der Waals surface area contributed by atoms with E-state index in [-0.39, 0.29) is 30.4 Å². The number of nitrogens with one attached hydrogen (secondary N) is 2. The molecule has 2 amide bonds. The molecule has 0 aromatic heterocycles. The molecule has 3 aromatic carbocycles. The number of rotatable bonds is 12. The molecule has 7 nitrogen and oxygen atoms in total. The Labute approximate surface area is 303 Å².